The Morgan fingerprint density at radius 1 is 1.09 bits per heavy atom. The molecule has 1 saturated heterocycles. The smallest absolute Gasteiger partial charge is 0.249 e. The van der Waals surface area contributed by atoms with Crippen LogP contribution in [0.1, 0.15) is 6.42 Å². The van der Waals surface area contributed by atoms with E-state index in [2.05, 4.69) is 15.3 Å². The molecule has 5 heteroatoms. The fraction of sp³-hybridized carbons (Fsp3) is 0.176. The Balaban J connectivity index is 1.53. The second kappa shape index (κ2) is 5.18. The van der Waals surface area contributed by atoms with Gasteiger partial charge in [-0.15, -0.1) is 0 Å². The summed E-state index contributed by atoms with van der Waals surface area (Å²) >= 11 is 0. The van der Waals surface area contributed by atoms with E-state index in [0.29, 0.717) is 5.95 Å². The summed E-state index contributed by atoms with van der Waals surface area (Å²) in [6.45, 7) is 0.723. The maximum Gasteiger partial charge on any atom is 0.249 e. The molecule has 22 heavy (non-hydrogen) atoms. The van der Waals surface area contributed by atoms with Crippen molar-refractivity contribution in [2.45, 2.75) is 12.5 Å². The summed E-state index contributed by atoms with van der Waals surface area (Å²) in [6, 6.07) is 17.4. The Hall–Kier alpha value is -2.82. The van der Waals surface area contributed by atoms with Crippen molar-refractivity contribution in [2.75, 3.05) is 16.8 Å². The van der Waals surface area contributed by atoms with Crippen molar-refractivity contribution in [3.05, 3.63) is 54.6 Å². The van der Waals surface area contributed by atoms with Crippen molar-refractivity contribution in [1.82, 2.24) is 9.97 Å². The first-order valence-corrected chi connectivity index (χ1v) is 7.39. The van der Waals surface area contributed by atoms with Crippen molar-refractivity contribution in [3.8, 4) is 0 Å². The van der Waals surface area contributed by atoms with Gasteiger partial charge in [0.15, 0.2) is 0 Å². The number of aromatic amines is 1. The van der Waals surface area contributed by atoms with Crippen molar-refractivity contribution in [2.24, 2.45) is 0 Å². The van der Waals surface area contributed by atoms with Gasteiger partial charge in [0.1, 0.15) is 6.04 Å². The van der Waals surface area contributed by atoms with Gasteiger partial charge in [0.2, 0.25) is 11.9 Å². The second-order valence-corrected chi connectivity index (χ2v) is 5.41. The Morgan fingerprint density at radius 3 is 2.68 bits per heavy atom. The number of fused-ring (bicyclic) bond motifs is 1. The number of H-pyrrole nitrogens is 1. The van der Waals surface area contributed by atoms with Crippen LogP contribution in [0.5, 0.6) is 0 Å². The lowest BCUT2D eigenvalue weighted by Gasteiger charge is -2.16. The molecule has 1 atom stereocenters. The predicted octanol–water partition coefficient (Wildman–Crippen LogP) is 2.78. The van der Waals surface area contributed by atoms with Crippen LogP contribution in [-0.4, -0.2) is 28.5 Å². The van der Waals surface area contributed by atoms with Gasteiger partial charge in [0.25, 0.3) is 0 Å². The molecule has 1 aliphatic heterocycles. The molecule has 4 rings (SSSR count). The van der Waals surface area contributed by atoms with Crippen LogP contribution in [-0.2, 0) is 4.79 Å². The lowest BCUT2D eigenvalue weighted by Crippen LogP contribution is -2.33. The van der Waals surface area contributed by atoms with E-state index in [0.717, 1.165) is 29.7 Å². The number of hydrogen-bond acceptors (Lipinski definition) is 3. The van der Waals surface area contributed by atoms with E-state index >= 15 is 0 Å². The minimum absolute atomic E-state index is 0.0895. The largest absolute Gasteiger partial charge is 0.344 e. The minimum atomic E-state index is -0.235. The van der Waals surface area contributed by atoms with E-state index in [1.807, 2.05) is 59.5 Å². The first kappa shape index (κ1) is 12.9. The molecule has 1 amide bonds. The molecule has 2 heterocycles. The van der Waals surface area contributed by atoms with Gasteiger partial charge in [-0.25, -0.2) is 4.98 Å². The number of benzene rings is 2. The van der Waals surface area contributed by atoms with Gasteiger partial charge >= 0.3 is 0 Å². The van der Waals surface area contributed by atoms with Crippen molar-refractivity contribution in [1.29, 1.82) is 0 Å². The molecular weight excluding hydrogens is 276 g/mol. The number of hydrogen-bond donors (Lipinski definition) is 2. The van der Waals surface area contributed by atoms with Crippen LogP contribution >= 0.6 is 0 Å². The van der Waals surface area contributed by atoms with Crippen molar-refractivity contribution < 1.29 is 4.79 Å². The molecule has 0 spiro atoms. The van der Waals surface area contributed by atoms with E-state index in [-0.39, 0.29) is 11.9 Å². The van der Waals surface area contributed by atoms with Gasteiger partial charge in [-0.1, -0.05) is 30.3 Å². The zero-order valence-electron chi connectivity index (χ0n) is 12.0. The monoisotopic (exact) mass is 292 g/mol. The van der Waals surface area contributed by atoms with Gasteiger partial charge in [-0.05, 0) is 30.7 Å². The van der Waals surface area contributed by atoms with Crippen molar-refractivity contribution in [3.63, 3.8) is 0 Å². The Labute approximate surface area is 128 Å². The minimum Gasteiger partial charge on any atom is -0.344 e. The summed E-state index contributed by atoms with van der Waals surface area (Å²) in [5, 5.41) is 3.22. The highest BCUT2D eigenvalue weighted by molar-refractivity contribution is 6.00. The van der Waals surface area contributed by atoms with E-state index in [1.54, 1.807) is 0 Å². The molecule has 1 aromatic heterocycles. The number of aromatic nitrogens is 2. The van der Waals surface area contributed by atoms with Crippen LogP contribution in [0.3, 0.4) is 0 Å². The molecule has 0 aliphatic carbocycles. The van der Waals surface area contributed by atoms with Crippen LogP contribution in [0.4, 0.5) is 11.6 Å². The summed E-state index contributed by atoms with van der Waals surface area (Å²) in [6.07, 6.45) is 0.769. The van der Waals surface area contributed by atoms with Gasteiger partial charge in [-0.2, -0.15) is 0 Å². The molecular formula is C17H16N4O. The SMILES string of the molecule is O=C1C(Nc2nc3ccccc3[nH]2)CCN1c1ccccc1. The lowest BCUT2D eigenvalue weighted by atomic mass is 10.2. The Bertz CT molecular complexity index is 779. The van der Waals surface area contributed by atoms with Crippen LogP contribution < -0.4 is 10.2 Å². The summed E-state index contributed by atoms with van der Waals surface area (Å²) in [5.74, 6) is 0.737. The fourth-order valence-corrected chi connectivity index (χ4v) is 2.86. The number of carbonyl (C=O) groups excluding carboxylic acids is 1. The van der Waals surface area contributed by atoms with E-state index in [1.165, 1.54) is 0 Å². The first-order chi connectivity index (χ1) is 10.8. The van der Waals surface area contributed by atoms with Gasteiger partial charge in [-0.3, -0.25) is 4.79 Å². The zero-order valence-corrected chi connectivity index (χ0v) is 12.0. The predicted molar refractivity (Wildman–Crippen MR) is 86.9 cm³/mol. The average Bonchev–Trinajstić information content (AvgIpc) is 3.12. The molecule has 0 saturated carbocycles. The highest BCUT2D eigenvalue weighted by Crippen LogP contribution is 2.23. The number of anilines is 2. The molecule has 1 aliphatic rings. The number of imidazole rings is 1. The third kappa shape index (κ3) is 2.20. The molecule has 3 aromatic rings. The topological polar surface area (TPSA) is 61.0 Å². The Kier molecular flexibility index (Phi) is 3.04. The highest BCUT2D eigenvalue weighted by atomic mass is 16.2. The number of rotatable bonds is 3. The summed E-state index contributed by atoms with van der Waals surface area (Å²) in [5.41, 5.74) is 2.81. The number of carbonyl (C=O) groups is 1. The standard InChI is InChI=1S/C17H16N4O/c22-16-15(10-11-21(16)12-6-2-1-3-7-12)20-17-18-13-8-4-5-9-14(13)19-17/h1-9,15H,10-11H2,(H2,18,19,20). The number of nitrogens with one attached hydrogen (secondary N) is 2. The Morgan fingerprint density at radius 2 is 1.86 bits per heavy atom. The van der Waals surface area contributed by atoms with Gasteiger partial charge in [0, 0.05) is 12.2 Å². The summed E-state index contributed by atoms with van der Waals surface area (Å²) in [7, 11) is 0. The quantitative estimate of drug-likeness (QED) is 0.780. The first-order valence-electron chi connectivity index (χ1n) is 7.39. The maximum absolute atomic E-state index is 12.5. The molecule has 1 unspecified atom stereocenters. The molecule has 110 valence electrons. The van der Waals surface area contributed by atoms with Crippen molar-refractivity contribution >= 4 is 28.6 Å². The number of amides is 1. The summed E-state index contributed by atoms with van der Waals surface area (Å²) in [4.78, 5) is 22.0. The molecule has 0 radical (unpaired) electrons. The van der Waals surface area contributed by atoms with Crippen LogP contribution in [0.2, 0.25) is 0 Å². The molecule has 0 bridgehead atoms. The second-order valence-electron chi connectivity index (χ2n) is 5.41. The van der Waals surface area contributed by atoms with Gasteiger partial charge < -0.3 is 15.2 Å². The fourth-order valence-electron chi connectivity index (χ4n) is 2.86. The number of para-hydroxylation sites is 3. The summed E-state index contributed by atoms with van der Waals surface area (Å²) < 4.78 is 0. The molecule has 1 fully saturated rings. The van der Waals surface area contributed by atoms with Gasteiger partial charge in [0.05, 0.1) is 11.0 Å². The van der Waals surface area contributed by atoms with Crippen LogP contribution in [0.25, 0.3) is 11.0 Å². The molecule has 2 N–H and O–H groups in total. The van der Waals surface area contributed by atoms with E-state index in [4.69, 9.17) is 0 Å². The highest BCUT2D eigenvalue weighted by Gasteiger charge is 2.32. The normalized spacial score (nSPS) is 18.1. The third-order valence-electron chi connectivity index (χ3n) is 3.97. The molecule has 5 nitrogen and oxygen atoms in total. The number of nitrogens with zero attached hydrogens (tertiary/aromatic N) is 2. The third-order valence-corrected chi connectivity index (χ3v) is 3.97. The van der Waals surface area contributed by atoms with Crippen LogP contribution in [0.15, 0.2) is 54.6 Å². The van der Waals surface area contributed by atoms with Crippen LogP contribution in [0, 0.1) is 0 Å². The zero-order chi connectivity index (χ0) is 14.9. The lowest BCUT2D eigenvalue weighted by molar-refractivity contribution is -0.117. The average molecular weight is 292 g/mol. The maximum atomic E-state index is 12.5. The van der Waals surface area contributed by atoms with E-state index < -0.39 is 0 Å². The van der Waals surface area contributed by atoms with E-state index in [9.17, 15) is 4.79 Å². The molecule has 2 aromatic carbocycles.